The molecule has 0 aliphatic rings. The van der Waals surface area contributed by atoms with Crippen molar-refractivity contribution in [2.45, 2.75) is 32.7 Å². The number of hydrogen-bond donors (Lipinski definition) is 1. The first-order valence-corrected chi connectivity index (χ1v) is 6.33. The molecule has 0 atom stereocenters. The van der Waals surface area contributed by atoms with E-state index in [1.807, 2.05) is 13.2 Å². The maximum atomic E-state index is 10.8. The molecule has 0 saturated heterocycles. The molecule has 1 rings (SSSR count). The van der Waals surface area contributed by atoms with E-state index < -0.39 is 0 Å². The molecule has 18 heavy (non-hydrogen) atoms. The summed E-state index contributed by atoms with van der Waals surface area (Å²) < 4.78 is 7.18. The summed E-state index contributed by atoms with van der Waals surface area (Å²) in [5, 5.41) is 11.1. The first-order valence-electron chi connectivity index (χ1n) is 6.33. The van der Waals surface area contributed by atoms with E-state index >= 15 is 0 Å². The number of aryl methyl sites for hydroxylation is 1. The molecule has 1 aromatic rings. The van der Waals surface area contributed by atoms with E-state index in [2.05, 4.69) is 15.6 Å². The topological polar surface area (TPSA) is 69.0 Å². The van der Waals surface area contributed by atoms with Gasteiger partial charge in [-0.1, -0.05) is 5.21 Å². The van der Waals surface area contributed by atoms with E-state index in [9.17, 15) is 4.79 Å². The standard InChI is InChI=1S/C12H22N4O2/c1-11(17)4-3-5-12-10-16(15-14-12)7-9-18-8-6-13-2/h10,13H,3-9H2,1-2H3. The number of hydrogen-bond acceptors (Lipinski definition) is 5. The lowest BCUT2D eigenvalue weighted by Crippen LogP contribution is -2.16. The summed E-state index contributed by atoms with van der Waals surface area (Å²) in [7, 11) is 1.90. The maximum Gasteiger partial charge on any atom is 0.129 e. The van der Waals surface area contributed by atoms with Crippen LogP contribution in [-0.2, 0) is 22.5 Å². The molecule has 0 saturated carbocycles. The highest BCUT2D eigenvalue weighted by molar-refractivity contribution is 5.75. The second-order valence-electron chi connectivity index (χ2n) is 4.24. The van der Waals surface area contributed by atoms with Gasteiger partial charge in [0.15, 0.2) is 0 Å². The van der Waals surface area contributed by atoms with E-state index in [0.29, 0.717) is 26.2 Å². The van der Waals surface area contributed by atoms with Crippen molar-refractivity contribution in [3.63, 3.8) is 0 Å². The molecule has 0 spiro atoms. The molecule has 6 nitrogen and oxygen atoms in total. The minimum absolute atomic E-state index is 0.223. The third-order valence-electron chi connectivity index (χ3n) is 2.51. The smallest absolute Gasteiger partial charge is 0.129 e. The Kier molecular flexibility index (Phi) is 7.20. The van der Waals surface area contributed by atoms with Crippen LogP contribution in [0.4, 0.5) is 0 Å². The van der Waals surface area contributed by atoms with Crippen molar-refractivity contribution in [1.82, 2.24) is 20.3 Å². The Labute approximate surface area is 108 Å². The predicted molar refractivity (Wildman–Crippen MR) is 68.4 cm³/mol. The third-order valence-corrected chi connectivity index (χ3v) is 2.51. The van der Waals surface area contributed by atoms with Crippen LogP contribution in [0.2, 0.25) is 0 Å². The molecule has 0 bridgehead atoms. The van der Waals surface area contributed by atoms with Crippen LogP contribution in [-0.4, -0.2) is 47.6 Å². The average molecular weight is 254 g/mol. The number of carbonyl (C=O) groups excluding carboxylic acids is 1. The van der Waals surface area contributed by atoms with E-state index in [1.54, 1.807) is 11.6 Å². The minimum Gasteiger partial charge on any atom is -0.378 e. The minimum atomic E-state index is 0.223. The lowest BCUT2D eigenvalue weighted by Gasteiger charge is -2.02. The molecule has 0 radical (unpaired) electrons. The molecule has 1 heterocycles. The van der Waals surface area contributed by atoms with Gasteiger partial charge < -0.3 is 14.8 Å². The summed E-state index contributed by atoms with van der Waals surface area (Å²) in [5.74, 6) is 0.223. The first kappa shape index (κ1) is 14.8. The molecule has 0 amide bonds. The van der Waals surface area contributed by atoms with Crippen LogP contribution < -0.4 is 5.32 Å². The van der Waals surface area contributed by atoms with Gasteiger partial charge in [0, 0.05) is 19.2 Å². The van der Waals surface area contributed by atoms with Gasteiger partial charge in [-0.2, -0.15) is 0 Å². The molecule has 0 aromatic carbocycles. The number of rotatable bonds is 10. The summed E-state index contributed by atoms with van der Waals surface area (Å²) in [6.07, 6.45) is 4.18. The predicted octanol–water partition coefficient (Wildman–Crippen LogP) is 0.426. The molecule has 0 fully saturated rings. The number of aromatic nitrogens is 3. The molecule has 6 heteroatoms. The summed E-state index contributed by atoms with van der Waals surface area (Å²) in [4.78, 5) is 10.8. The Bertz CT molecular complexity index is 352. The summed E-state index contributed by atoms with van der Waals surface area (Å²) >= 11 is 0. The monoisotopic (exact) mass is 254 g/mol. The SMILES string of the molecule is CNCCOCCn1cc(CCCC(C)=O)nn1. The third kappa shape index (κ3) is 6.46. The number of nitrogens with one attached hydrogen (secondary N) is 1. The van der Waals surface area contributed by atoms with Crippen molar-refractivity contribution >= 4 is 5.78 Å². The number of carbonyl (C=O) groups is 1. The highest BCUT2D eigenvalue weighted by Gasteiger charge is 2.01. The highest BCUT2D eigenvalue weighted by Crippen LogP contribution is 2.01. The zero-order chi connectivity index (χ0) is 13.2. The molecule has 0 unspecified atom stereocenters. The quantitative estimate of drug-likeness (QED) is 0.613. The number of ether oxygens (including phenoxy) is 1. The molecular formula is C12H22N4O2. The van der Waals surface area contributed by atoms with Crippen LogP contribution >= 0.6 is 0 Å². The van der Waals surface area contributed by atoms with Gasteiger partial charge in [0.1, 0.15) is 5.78 Å². The fraction of sp³-hybridized carbons (Fsp3) is 0.750. The summed E-state index contributed by atoms with van der Waals surface area (Å²) in [6.45, 7) is 4.52. The summed E-state index contributed by atoms with van der Waals surface area (Å²) in [5.41, 5.74) is 0.937. The van der Waals surface area contributed by atoms with Gasteiger partial charge in [-0.15, -0.1) is 5.10 Å². The molecular weight excluding hydrogens is 232 g/mol. The van der Waals surface area contributed by atoms with Crippen molar-refractivity contribution in [2.75, 3.05) is 26.8 Å². The van der Waals surface area contributed by atoms with Crippen LogP contribution in [0.5, 0.6) is 0 Å². The molecule has 1 aromatic heterocycles. The van der Waals surface area contributed by atoms with E-state index in [-0.39, 0.29) is 5.78 Å². The van der Waals surface area contributed by atoms with E-state index in [1.165, 1.54) is 0 Å². The van der Waals surface area contributed by atoms with Gasteiger partial charge in [0.25, 0.3) is 0 Å². The Balaban J connectivity index is 2.15. The Morgan fingerprint density at radius 3 is 3.06 bits per heavy atom. The van der Waals surface area contributed by atoms with Crippen LogP contribution in [0.15, 0.2) is 6.20 Å². The number of nitrogens with zero attached hydrogens (tertiary/aromatic N) is 3. The van der Waals surface area contributed by atoms with Crippen molar-refractivity contribution in [2.24, 2.45) is 0 Å². The van der Waals surface area contributed by atoms with Crippen molar-refractivity contribution in [1.29, 1.82) is 0 Å². The lowest BCUT2D eigenvalue weighted by atomic mass is 10.1. The van der Waals surface area contributed by atoms with Crippen LogP contribution in [0, 0.1) is 0 Å². The Morgan fingerprint density at radius 2 is 2.33 bits per heavy atom. The normalized spacial score (nSPS) is 10.8. The molecule has 102 valence electrons. The molecule has 1 N–H and O–H groups in total. The average Bonchev–Trinajstić information content (AvgIpc) is 2.76. The van der Waals surface area contributed by atoms with E-state index in [4.69, 9.17) is 4.74 Å². The largest absolute Gasteiger partial charge is 0.378 e. The first-order chi connectivity index (χ1) is 8.72. The second kappa shape index (κ2) is 8.77. The maximum absolute atomic E-state index is 10.8. The molecule has 0 aliphatic carbocycles. The zero-order valence-corrected chi connectivity index (χ0v) is 11.2. The highest BCUT2D eigenvalue weighted by atomic mass is 16.5. The van der Waals surface area contributed by atoms with Gasteiger partial charge in [0.05, 0.1) is 25.5 Å². The van der Waals surface area contributed by atoms with Crippen molar-refractivity contribution in [3.8, 4) is 0 Å². The fourth-order valence-corrected chi connectivity index (χ4v) is 1.52. The number of ketones is 1. The van der Waals surface area contributed by atoms with Gasteiger partial charge in [-0.05, 0) is 26.8 Å². The number of likely N-dealkylation sites (N-methyl/N-ethyl adjacent to an activating group) is 1. The van der Waals surface area contributed by atoms with E-state index in [0.717, 1.165) is 25.1 Å². The second-order valence-corrected chi connectivity index (χ2v) is 4.24. The van der Waals surface area contributed by atoms with Crippen molar-refractivity contribution in [3.05, 3.63) is 11.9 Å². The van der Waals surface area contributed by atoms with Crippen LogP contribution in [0.3, 0.4) is 0 Å². The van der Waals surface area contributed by atoms with Gasteiger partial charge >= 0.3 is 0 Å². The lowest BCUT2D eigenvalue weighted by molar-refractivity contribution is -0.117. The zero-order valence-electron chi connectivity index (χ0n) is 11.2. The van der Waals surface area contributed by atoms with Gasteiger partial charge in [-0.25, -0.2) is 4.68 Å². The van der Waals surface area contributed by atoms with Gasteiger partial charge in [0.2, 0.25) is 0 Å². The van der Waals surface area contributed by atoms with Crippen LogP contribution in [0.1, 0.15) is 25.5 Å². The Morgan fingerprint density at radius 1 is 1.50 bits per heavy atom. The van der Waals surface area contributed by atoms with Crippen molar-refractivity contribution < 1.29 is 9.53 Å². The molecule has 0 aliphatic heterocycles. The number of Topliss-reactive ketones (excluding diaryl/α,β-unsaturated/α-hetero) is 1. The summed E-state index contributed by atoms with van der Waals surface area (Å²) in [6, 6.07) is 0. The fourth-order valence-electron chi connectivity index (χ4n) is 1.52. The van der Waals surface area contributed by atoms with Gasteiger partial charge in [-0.3, -0.25) is 0 Å². The van der Waals surface area contributed by atoms with Crippen LogP contribution in [0.25, 0.3) is 0 Å². The Hall–Kier alpha value is -1.27.